The Hall–Kier alpha value is -6.10. The van der Waals surface area contributed by atoms with Crippen LogP contribution >= 0.6 is 0 Å². The van der Waals surface area contributed by atoms with Gasteiger partial charge < -0.3 is 8.83 Å². The molecule has 0 aliphatic rings. The van der Waals surface area contributed by atoms with Crippen molar-refractivity contribution in [2.45, 2.75) is 0 Å². The van der Waals surface area contributed by atoms with E-state index in [1.165, 1.54) is 0 Å². The van der Waals surface area contributed by atoms with E-state index in [1.807, 2.05) is 54.6 Å². The summed E-state index contributed by atoms with van der Waals surface area (Å²) in [5.74, 6) is 0. The van der Waals surface area contributed by atoms with Gasteiger partial charge in [0.05, 0.1) is 23.3 Å². The lowest BCUT2D eigenvalue weighted by Crippen LogP contribution is -1.94. The van der Waals surface area contributed by atoms with E-state index in [9.17, 15) is 10.5 Å². The summed E-state index contributed by atoms with van der Waals surface area (Å²) >= 11 is 0. The molecule has 0 saturated heterocycles. The van der Waals surface area contributed by atoms with Crippen molar-refractivity contribution in [3.8, 4) is 45.5 Å². The summed E-state index contributed by atoms with van der Waals surface area (Å²) in [6, 6.07) is 44.6. The van der Waals surface area contributed by atoms with Crippen LogP contribution in [0.2, 0.25) is 0 Å². The van der Waals surface area contributed by atoms with Crippen LogP contribution in [0.1, 0.15) is 11.1 Å². The Labute approximate surface area is 240 Å². The first-order valence-electron chi connectivity index (χ1n) is 13.6. The highest BCUT2D eigenvalue weighted by atomic mass is 16.3. The van der Waals surface area contributed by atoms with E-state index in [2.05, 4.69) is 60.7 Å². The van der Waals surface area contributed by atoms with E-state index in [4.69, 9.17) is 8.83 Å². The van der Waals surface area contributed by atoms with Gasteiger partial charge in [-0.3, -0.25) is 0 Å². The minimum Gasteiger partial charge on any atom is -0.456 e. The van der Waals surface area contributed by atoms with Crippen LogP contribution in [0.3, 0.4) is 0 Å². The van der Waals surface area contributed by atoms with Crippen molar-refractivity contribution in [3.63, 3.8) is 0 Å². The number of fused-ring (bicyclic) bond motifs is 6. The number of furan rings is 2. The molecular weight excluding hydrogens is 516 g/mol. The van der Waals surface area contributed by atoms with Crippen molar-refractivity contribution < 1.29 is 8.83 Å². The van der Waals surface area contributed by atoms with Gasteiger partial charge in [-0.25, -0.2) is 0 Å². The molecule has 0 amide bonds. The Morgan fingerprint density at radius 2 is 0.905 bits per heavy atom. The Kier molecular flexibility index (Phi) is 5.22. The summed E-state index contributed by atoms with van der Waals surface area (Å²) in [6.07, 6.45) is 0. The van der Waals surface area contributed by atoms with Crippen LogP contribution in [0.25, 0.3) is 77.3 Å². The molecule has 0 spiro atoms. The fourth-order valence-corrected chi connectivity index (χ4v) is 6.01. The number of para-hydroxylation sites is 2. The number of hydrogen-bond acceptors (Lipinski definition) is 4. The maximum atomic E-state index is 10.1. The normalized spacial score (nSPS) is 11.3. The summed E-state index contributed by atoms with van der Waals surface area (Å²) in [5.41, 5.74) is 9.61. The molecule has 6 aromatic carbocycles. The van der Waals surface area contributed by atoms with Gasteiger partial charge in [0.15, 0.2) is 0 Å². The first-order valence-corrected chi connectivity index (χ1v) is 13.6. The molecule has 4 heteroatoms. The number of benzene rings is 6. The van der Waals surface area contributed by atoms with Gasteiger partial charge in [0, 0.05) is 27.1 Å². The summed E-state index contributed by atoms with van der Waals surface area (Å²) in [6.45, 7) is 0. The van der Waals surface area contributed by atoms with Gasteiger partial charge in [-0.05, 0) is 82.4 Å². The Balaban J connectivity index is 1.39. The van der Waals surface area contributed by atoms with E-state index >= 15 is 0 Å². The number of nitrogens with zero attached hydrogens (tertiary/aromatic N) is 2. The molecule has 0 saturated carbocycles. The minimum absolute atomic E-state index is 0.457. The minimum atomic E-state index is 0.457. The second kappa shape index (κ2) is 9.24. The maximum absolute atomic E-state index is 10.1. The lowest BCUT2D eigenvalue weighted by atomic mass is 9.86. The molecule has 8 aromatic rings. The van der Waals surface area contributed by atoms with Crippen LogP contribution in [0.4, 0.5) is 0 Å². The SMILES string of the molecule is N#Cc1cccc(C#N)c1-c1cc(-c2ccc3oc4ccccc4c3c2)ccc1-c1ccc2oc3ccccc3c2c1. The molecule has 4 nitrogen and oxygen atoms in total. The Bertz CT molecular complexity index is 2410. The van der Waals surface area contributed by atoms with E-state index in [-0.39, 0.29) is 0 Å². The maximum Gasteiger partial charge on any atom is 0.135 e. The average Bonchev–Trinajstić information content (AvgIpc) is 3.61. The monoisotopic (exact) mass is 536 g/mol. The average molecular weight is 537 g/mol. The standard InChI is InChI=1S/C38H20N2O2/c39-21-26-6-5-7-27(22-40)38(26)33-19-23(24-13-16-36-31(18-24)29-8-1-3-10-34(29)41-36)12-15-28(33)25-14-17-37-32(20-25)30-9-2-4-11-35(30)42-37/h1-20H. The van der Waals surface area contributed by atoms with E-state index in [0.29, 0.717) is 16.7 Å². The molecule has 194 valence electrons. The smallest absolute Gasteiger partial charge is 0.135 e. The first-order chi connectivity index (χ1) is 20.7. The van der Waals surface area contributed by atoms with Crippen molar-refractivity contribution in [2.75, 3.05) is 0 Å². The zero-order valence-electron chi connectivity index (χ0n) is 22.3. The molecule has 0 fully saturated rings. The quantitative estimate of drug-likeness (QED) is 0.225. The molecule has 42 heavy (non-hydrogen) atoms. The molecule has 2 heterocycles. The molecule has 0 unspecified atom stereocenters. The largest absolute Gasteiger partial charge is 0.456 e. The lowest BCUT2D eigenvalue weighted by molar-refractivity contribution is 0.668. The summed E-state index contributed by atoms with van der Waals surface area (Å²) in [7, 11) is 0. The molecule has 0 aliphatic heterocycles. The second-order valence-electron chi connectivity index (χ2n) is 10.3. The summed E-state index contributed by atoms with van der Waals surface area (Å²) in [4.78, 5) is 0. The molecule has 0 aliphatic carbocycles. The predicted molar refractivity (Wildman–Crippen MR) is 167 cm³/mol. The van der Waals surface area contributed by atoms with E-state index in [1.54, 1.807) is 18.2 Å². The van der Waals surface area contributed by atoms with Gasteiger partial charge in [-0.2, -0.15) is 10.5 Å². The predicted octanol–water partition coefficient (Wildman–Crippen LogP) is 10.2. The molecule has 8 rings (SSSR count). The molecule has 0 bridgehead atoms. The van der Waals surface area contributed by atoms with Crippen LogP contribution in [-0.2, 0) is 0 Å². The Morgan fingerprint density at radius 1 is 0.405 bits per heavy atom. The van der Waals surface area contributed by atoms with Gasteiger partial charge in [0.25, 0.3) is 0 Å². The van der Waals surface area contributed by atoms with Crippen LogP contribution < -0.4 is 0 Å². The Morgan fingerprint density at radius 3 is 1.52 bits per heavy atom. The molecular formula is C38H20N2O2. The van der Waals surface area contributed by atoms with Gasteiger partial charge >= 0.3 is 0 Å². The van der Waals surface area contributed by atoms with Gasteiger partial charge in [-0.15, -0.1) is 0 Å². The van der Waals surface area contributed by atoms with Crippen molar-refractivity contribution in [1.82, 2.24) is 0 Å². The van der Waals surface area contributed by atoms with Crippen LogP contribution in [-0.4, -0.2) is 0 Å². The fourth-order valence-electron chi connectivity index (χ4n) is 6.01. The highest BCUT2D eigenvalue weighted by Gasteiger charge is 2.18. The van der Waals surface area contributed by atoms with Crippen molar-refractivity contribution in [1.29, 1.82) is 10.5 Å². The summed E-state index contributed by atoms with van der Waals surface area (Å²) < 4.78 is 12.1. The van der Waals surface area contributed by atoms with E-state index < -0.39 is 0 Å². The number of hydrogen-bond donors (Lipinski definition) is 0. The topological polar surface area (TPSA) is 73.9 Å². The highest BCUT2D eigenvalue weighted by molar-refractivity contribution is 6.08. The molecule has 2 aromatic heterocycles. The van der Waals surface area contributed by atoms with Gasteiger partial charge in [0.2, 0.25) is 0 Å². The molecule has 0 N–H and O–H groups in total. The van der Waals surface area contributed by atoms with Crippen LogP contribution in [0, 0.1) is 22.7 Å². The van der Waals surface area contributed by atoms with Crippen molar-refractivity contribution >= 4 is 43.9 Å². The highest BCUT2D eigenvalue weighted by Crippen LogP contribution is 2.41. The second-order valence-corrected chi connectivity index (χ2v) is 10.3. The molecule has 0 radical (unpaired) electrons. The zero-order chi connectivity index (χ0) is 28.2. The summed E-state index contributed by atoms with van der Waals surface area (Å²) in [5, 5.41) is 24.4. The molecule has 0 atom stereocenters. The number of nitriles is 2. The van der Waals surface area contributed by atoms with E-state index in [0.717, 1.165) is 71.7 Å². The van der Waals surface area contributed by atoms with Gasteiger partial charge in [0.1, 0.15) is 22.3 Å². The van der Waals surface area contributed by atoms with Crippen LogP contribution in [0.5, 0.6) is 0 Å². The zero-order valence-corrected chi connectivity index (χ0v) is 22.3. The number of rotatable bonds is 3. The third-order valence-electron chi connectivity index (χ3n) is 7.99. The lowest BCUT2D eigenvalue weighted by Gasteiger charge is -2.15. The third kappa shape index (κ3) is 3.60. The van der Waals surface area contributed by atoms with Crippen molar-refractivity contribution in [3.05, 3.63) is 132 Å². The van der Waals surface area contributed by atoms with Gasteiger partial charge in [-0.1, -0.05) is 66.7 Å². The fraction of sp³-hybridized carbons (Fsp3) is 0. The first kappa shape index (κ1) is 23.8. The van der Waals surface area contributed by atoms with Crippen molar-refractivity contribution in [2.24, 2.45) is 0 Å². The van der Waals surface area contributed by atoms with Crippen LogP contribution in [0.15, 0.2) is 130 Å². The third-order valence-corrected chi connectivity index (χ3v) is 7.99.